The van der Waals surface area contributed by atoms with Gasteiger partial charge in [0.2, 0.25) is 11.8 Å². The summed E-state index contributed by atoms with van der Waals surface area (Å²) in [6, 6.07) is 4.69. The molecule has 1 aliphatic carbocycles. The van der Waals surface area contributed by atoms with Gasteiger partial charge in [-0.1, -0.05) is 45.2 Å². The van der Waals surface area contributed by atoms with Crippen LogP contribution in [0, 0.1) is 11.3 Å². The van der Waals surface area contributed by atoms with Gasteiger partial charge in [0.05, 0.1) is 6.61 Å². The average molecular weight is 434 g/mol. The van der Waals surface area contributed by atoms with E-state index in [0.29, 0.717) is 11.3 Å². The fraction of sp³-hybridized carbons (Fsp3) is 0.591. The number of anilines is 1. The molecule has 0 bridgehead atoms. The summed E-state index contributed by atoms with van der Waals surface area (Å²) in [7, 11) is 0. The maximum Gasteiger partial charge on any atom is 0.245 e. The number of aliphatic hydroxyl groups is 2. The number of nitrogens with two attached hydrogens (primary N) is 1. The van der Waals surface area contributed by atoms with Crippen molar-refractivity contribution in [3.8, 4) is 0 Å². The molecule has 1 aromatic carbocycles. The third-order valence-corrected chi connectivity index (χ3v) is 5.55. The van der Waals surface area contributed by atoms with Crippen molar-refractivity contribution in [2.75, 3.05) is 11.9 Å². The van der Waals surface area contributed by atoms with Crippen LogP contribution in [0.2, 0.25) is 0 Å². The van der Waals surface area contributed by atoms with Gasteiger partial charge in [-0.25, -0.2) is 0 Å². The number of hydrogen-bond acceptors (Lipinski definition) is 6. The van der Waals surface area contributed by atoms with E-state index in [1.807, 2.05) is 13.8 Å². The Morgan fingerprint density at radius 2 is 1.84 bits per heavy atom. The van der Waals surface area contributed by atoms with Gasteiger partial charge in [-0.3, -0.25) is 15.0 Å². The third-order valence-electron chi connectivity index (χ3n) is 5.55. The van der Waals surface area contributed by atoms with Crippen LogP contribution in [-0.4, -0.2) is 58.7 Å². The molecular weight excluding hydrogens is 398 g/mol. The standard InChI is InChI=1S/C22H35N5O4/c1-13(2)18(21(30)26-15-8-4-3-5-9-15)27-22(31)19(17(29)12-28)25-16-10-6-7-14(11-16)20(23)24/h6-7,10-11,13,15,17-19,25,28-29H,3-5,8-9,12H2,1-2H3,(H3,23,24)(H,26,30)(H,27,31). The lowest BCUT2D eigenvalue weighted by atomic mass is 9.94. The molecule has 1 saturated carbocycles. The number of aliphatic hydroxyl groups excluding tert-OH is 2. The topological polar surface area (TPSA) is 161 Å². The molecule has 9 nitrogen and oxygen atoms in total. The van der Waals surface area contributed by atoms with Crippen LogP contribution in [0.1, 0.15) is 51.5 Å². The van der Waals surface area contributed by atoms with Crippen molar-refractivity contribution < 1.29 is 19.8 Å². The number of hydrogen-bond donors (Lipinski definition) is 7. The second kappa shape index (κ2) is 11.7. The molecule has 3 unspecified atom stereocenters. The minimum Gasteiger partial charge on any atom is -0.394 e. The summed E-state index contributed by atoms with van der Waals surface area (Å²) in [5.41, 5.74) is 6.42. The van der Waals surface area contributed by atoms with Gasteiger partial charge < -0.3 is 31.9 Å². The summed E-state index contributed by atoms with van der Waals surface area (Å²) < 4.78 is 0. The quantitative estimate of drug-likeness (QED) is 0.212. The zero-order chi connectivity index (χ0) is 23.0. The van der Waals surface area contributed by atoms with Crippen LogP contribution in [-0.2, 0) is 9.59 Å². The zero-order valence-corrected chi connectivity index (χ0v) is 18.2. The van der Waals surface area contributed by atoms with Gasteiger partial charge in [0.15, 0.2) is 0 Å². The lowest BCUT2D eigenvalue weighted by Gasteiger charge is -2.30. The van der Waals surface area contributed by atoms with Crippen LogP contribution >= 0.6 is 0 Å². The van der Waals surface area contributed by atoms with Crippen LogP contribution < -0.4 is 21.7 Å². The number of nitrogens with one attached hydrogen (secondary N) is 4. The zero-order valence-electron chi connectivity index (χ0n) is 18.2. The highest BCUT2D eigenvalue weighted by molar-refractivity contribution is 5.96. The van der Waals surface area contributed by atoms with Crippen LogP contribution in [0.5, 0.6) is 0 Å². The number of nitrogen functional groups attached to an aromatic ring is 1. The van der Waals surface area contributed by atoms with Gasteiger partial charge in [0, 0.05) is 17.3 Å². The highest BCUT2D eigenvalue weighted by Gasteiger charge is 2.32. The maximum absolute atomic E-state index is 13.0. The van der Waals surface area contributed by atoms with Crippen LogP contribution in [0.3, 0.4) is 0 Å². The lowest BCUT2D eigenvalue weighted by Crippen LogP contribution is -2.57. The summed E-state index contributed by atoms with van der Waals surface area (Å²) >= 11 is 0. The molecule has 31 heavy (non-hydrogen) atoms. The first-order chi connectivity index (χ1) is 14.7. The van der Waals surface area contributed by atoms with E-state index in [4.69, 9.17) is 11.1 Å². The normalized spacial score (nSPS) is 17.5. The molecule has 2 rings (SSSR count). The second-order valence-electron chi connectivity index (χ2n) is 8.44. The van der Waals surface area contributed by atoms with Crippen molar-refractivity contribution in [1.29, 1.82) is 5.41 Å². The van der Waals surface area contributed by atoms with Crippen molar-refractivity contribution in [3.63, 3.8) is 0 Å². The van der Waals surface area contributed by atoms with Crippen LogP contribution in [0.4, 0.5) is 5.69 Å². The number of carbonyl (C=O) groups excluding carboxylic acids is 2. The first-order valence-electron chi connectivity index (χ1n) is 10.8. The number of amidine groups is 1. The van der Waals surface area contributed by atoms with E-state index in [9.17, 15) is 19.8 Å². The molecule has 1 aliphatic rings. The second-order valence-corrected chi connectivity index (χ2v) is 8.44. The Hall–Kier alpha value is -2.65. The number of amides is 2. The Morgan fingerprint density at radius 3 is 2.42 bits per heavy atom. The maximum atomic E-state index is 13.0. The Balaban J connectivity index is 2.12. The number of rotatable bonds is 10. The summed E-state index contributed by atoms with van der Waals surface area (Å²) in [6.45, 7) is 3.04. The molecule has 0 heterocycles. The monoisotopic (exact) mass is 433 g/mol. The van der Waals surface area contributed by atoms with Gasteiger partial charge in [-0.15, -0.1) is 0 Å². The fourth-order valence-corrected chi connectivity index (χ4v) is 3.71. The Labute approximate surface area is 183 Å². The van der Waals surface area contributed by atoms with E-state index >= 15 is 0 Å². The van der Waals surface area contributed by atoms with E-state index in [-0.39, 0.29) is 23.7 Å². The SMILES string of the molecule is CC(C)C(NC(=O)C(Nc1cccc(C(=N)N)c1)C(O)CO)C(=O)NC1CCCCC1. The predicted octanol–water partition coefficient (Wildman–Crippen LogP) is 0.694. The molecule has 8 N–H and O–H groups in total. The number of carbonyl (C=O) groups is 2. The highest BCUT2D eigenvalue weighted by Crippen LogP contribution is 2.18. The van der Waals surface area contributed by atoms with Gasteiger partial charge in [-0.05, 0) is 30.9 Å². The third kappa shape index (κ3) is 7.22. The smallest absolute Gasteiger partial charge is 0.245 e. The summed E-state index contributed by atoms with van der Waals surface area (Å²) in [6.07, 6.45) is 3.81. The van der Waals surface area contributed by atoms with E-state index in [2.05, 4.69) is 16.0 Å². The molecule has 0 spiro atoms. The molecule has 1 fully saturated rings. The summed E-state index contributed by atoms with van der Waals surface area (Å²) in [5, 5.41) is 35.9. The van der Waals surface area contributed by atoms with Gasteiger partial charge >= 0.3 is 0 Å². The van der Waals surface area contributed by atoms with Gasteiger partial charge in [0.1, 0.15) is 24.0 Å². The minimum absolute atomic E-state index is 0.116. The summed E-state index contributed by atoms with van der Waals surface area (Å²) in [4.78, 5) is 25.8. The van der Waals surface area contributed by atoms with Gasteiger partial charge in [-0.2, -0.15) is 0 Å². The Bertz CT molecular complexity index is 764. The average Bonchev–Trinajstić information content (AvgIpc) is 2.75. The van der Waals surface area contributed by atoms with E-state index in [1.54, 1.807) is 24.3 Å². The molecular formula is C22H35N5O4. The van der Waals surface area contributed by atoms with E-state index < -0.39 is 30.7 Å². The first-order valence-corrected chi connectivity index (χ1v) is 10.8. The van der Waals surface area contributed by atoms with Crippen molar-refractivity contribution in [1.82, 2.24) is 10.6 Å². The molecule has 1 aromatic rings. The molecule has 0 radical (unpaired) electrons. The Kier molecular flexibility index (Phi) is 9.26. The first kappa shape index (κ1) is 24.6. The van der Waals surface area contributed by atoms with Crippen LogP contribution in [0.15, 0.2) is 24.3 Å². The molecule has 3 atom stereocenters. The lowest BCUT2D eigenvalue weighted by molar-refractivity contribution is -0.132. The van der Waals surface area contributed by atoms with Crippen molar-refractivity contribution >= 4 is 23.3 Å². The molecule has 172 valence electrons. The highest BCUT2D eigenvalue weighted by atomic mass is 16.3. The predicted molar refractivity (Wildman–Crippen MR) is 120 cm³/mol. The molecule has 0 aliphatic heterocycles. The molecule has 9 heteroatoms. The van der Waals surface area contributed by atoms with Crippen molar-refractivity contribution in [2.24, 2.45) is 11.7 Å². The fourth-order valence-electron chi connectivity index (χ4n) is 3.71. The summed E-state index contributed by atoms with van der Waals surface area (Å²) in [5.74, 6) is -1.15. The van der Waals surface area contributed by atoms with Gasteiger partial charge in [0.25, 0.3) is 0 Å². The van der Waals surface area contributed by atoms with E-state index in [0.717, 1.165) is 25.7 Å². The van der Waals surface area contributed by atoms with Crippen LogP contribution in [0.25, 0.3) is 0 Å². The molecule has 0 saturated heterocycles. The number of benzene rings is 1. The van der Waals surface area contributed by atoms with E-state index in [1.165, 1.54) is 6.42 Å². The largest absolute Gasteiger partial charge is 0.394 e. The minimum atomic E-state index is -1.39. The Morgan fingerprint density at radius 1 is 1.16 bits per heavy atom. The molecule has 0 aromatic heterocycles. The van der Waals surface area contributed by atoms with Crippen molar-refractivity contribution in [2.45, 2.75) is 70.2 Å². The molecule has 2 amide bonds. The van der Waals surface area contributed by atoms with Crippen molar-refractivity contribution in [3.05, 3.63) is 29.8 Å².